The molecule has 7 nitrogen and oxygen atoms in total. The van der Waals surface area contributed by atoms with Crippen molar-refractivity contribution >= 4 is 16.7 Å². The van der Waals surface area contributed by atoms with Crippen LogP contribution in [0.25, 0.3) is 22.3 Å². The number of anilines is 1. The van der Waals surface area contributed by atoms with Crippen LogP contribution in [-0.2, 0) is 0 Å². The Hall–Kier alpha value is -2.67. The summed E-state index contributed by atoms with van der Waals surface area (Å²) in [7, 11) is 0. The van der Waals surface area contributed by atoms with Crippen molar-refractivity contribution < 1.29 is 4.74 Å². The summed E-state index contributed by atoms with van der Waals surface area (Å²) in [5.41, 5.74) is 2.62. The lowest BCUT2D eigenvalue weighted by atomic mass is 10.1. The number of hydrogen-bond donors (Lipinski definition) is 2. The monoisotopic (exact) mass is 352 g/mol. The molecule has 0 amide bonds. The normalized spacial score (nSPS) is 17.8. The molecule has 2 N–H and O–H groups in total. The number of fused-ring (bicyclic) bond motifs is 1. The predicted molar refractivity (Wildman–Crippen MR) is 103 cm³/mol. The van der Waals surface area contributed by atoms with E-state index in [9.17, 15) is 0 Å². The third-order valence-electron chi connectivity index (χ3n) is 4.50. The predicted octanol–water partition coefficient (Wildman–Crippen LogP) is 2.61. The van der Waals surface area contributed by atoms with E-state index in [1.807, 2.05) is 38.1 Å². The van der Waals surface area contributed by atoms with Crippen LogP contribution >= 0.6 is 0 Å². The van der Waals surface area contributed by atoms with Crippen molar-refractivity contribution in [2.45, 2.75) is 32.9 Å². The molecule has 1 saturated heterocycles. The third-order valence-corrected chi connectivity index (χ3v) is 4.50. The summed E-state index contributed by atoms with van der Waals surface area (Å²) < 4.78 is 5.82. The van der Waals surface area contributed by atoms with Gasteiger partial charge in [-0.05, 0) is 39.0 Å². The fourth-order valence-corrected chi connectivity index (χ4v) is 3.33. The standard InChI is InChI=1S/C19H24N6O/c1-12(2)26-14-4-5-16-15(8-14)19(24-23-16)17-9-18(22-11-21-17)25-7-6-20-13(3)10-25/h4-5,8-9,11-13,20H,6-7,10H2,1-3H3,(H,23,24)/t13-/m0/s1. The molecule has 4 rings (SSSR count). The van der Waals surface area contributed by atoms with Crippen molar-refractivity contribution in [1.82, 2.24) is 25.5 Å². The number of nitrogens with one attached hydrogen (secondary N) is 2. The molecule has 7 heteroatoms. The van der Waals surface area contributed by atoms with Crippen LogP contribution in [0.1, 0.15) is 20.8 Å². The van der Waals surface area contributed by atoms with E-state index >= 15 is 0 Å². The highest BCUT2D eigenvalue weighted by atomic mass is 16.5. The Kier molecular flexibility index (Phi) is 4.46. The van der Waals surface area contributed by atoms with Crippen LogP contribution in [0, 0.1) is 0 Å². The minimum atomic E-state index is 0.128. The quantitative estimate of drug-likeness (QED) is 0.751. The number of piperazine rings is 1. The van der Waals surface area contributed by atoms with Crippen LogP contribution in [-0.4, -0.2) is 51.9 Å². The van der Waals surface area contributed by atoms with Gasteiger partial charge < -0.3 is 15.0 Å². The number of benzene rings is 1. The smallest absolute Gasteiger partial charge is 0.132 e. The van der Waals surface area contributed by atoms with Gasteiger partial charge in [-0.25, -0.2) is 9.97 Å². The molecule has 3 heterocycles. The van der Waals surface area contributed by atoms with Gasteiger partial charge in [0.15, 0.2) is 0 Å². The first-order valence-corrected chi connectivity index (χ1v) is 9.05. The van der Waals surface area contributed by atoms with Crippen LogP contribution in [0.15, 0.2) is 30.6 Å². The number of aromatic nitrogens is 4. The summed E-state index contributed by atoms with van der Waals surface area (Å²) >= 11 is 0. The largest absolute Gasteiger partial charge is 0.491 e. The minimum absolute atomic E-state index is 0.128. The van der Waals surface area contributed by atoms with E-state index in [0.29, 0.717) is 6.04 Å². The molecule has 1 aliphatic rings. The molecule has 0 saturated carbocycles. The van der Waals surface area contributed by atoms with Gasteiger partial charge in [0.05, 0.1) is 23.0 Å². The van der Waals surface area contributed by atoms with Crippen LogP contribution in [0.2, 0.25) is 0 Å². The average Bonchev–Trinajstić information content (AvgIpc) is 3.04. The zero-order valence-corrected chi connectivity index (χ0v) is 15.4. The lowest BCUT2D eigenvalue weighted by molar-refractivity contribution is 0.243. The Balaban J connectivity index is 1.70. The highest BCUT2D eigenvalue weighted by Crippen LogP contribution is 2.29. The molecule has 0 radical (unpaired) electrons. The second-order valence-corrected chi connectivity index (χ2v) is 7.01. The van der Waals surface area contributed by atoms with Crippen LogP contribution in [0.3, 0.4) is 0 Å². The lowest BCUT2D eigenvalue weighted by Crippen LogP contribution is -2.49. The average molecular weight is 352 g/mol. The summed E-state index contributed by atoms with van der Waals surface area (Å²) in [5, 5.41) is 12.0. The van der Waals surface area contributed by atoms with Gasteiger partial charge in [0.25, 0.3) is 0 Å². The van der Waals surface area contributed by atoms with Gasteiger partial charge in [0.2, 0.25) is 0 Å². The molecule has 0 aliphatic carbocycles. The van der Waals surface area contributed by atoms with Gasteiger partial charge in [-0.3, -0.25) is 5.10 Å². The molecule has 0 bridgehead atoms. The molecule has 1 atom stereocenters. The van der Waals surface area contributed by atoms with E-state index in [0.717, 1.165) is 53.5 Å². The second-order valence-electron chi connectivity index (χ2n) is 7.01. The summed E-state index contributed by atoms with van der Waals surface area (Å²) in [6, 6.07) is 8.41. The molecule has 3 aromatic rings. The summed E-state index contributed by atoms with van der Waals surface area (Å²) in [5.74, 6) is 1.78. The third kappa shape index (κ3) is 3.35. The van der Waals surface area contributed by atoms with E-state index in [2.05, 4.69) is 37.3 Å². The van der Waals surface area contributed by atoms with E-state index < -0.39 is 0 Å². The van der Waals surface area contributed by atoms with Gasteiger partial charge in [-0.1, -0.05) is 0 Å². The molecule has 2 aromatic heterocycles. The van der Waals surface area contributed by atoms with E-state index in [-0.39, 0.29) is 6.10 Å². The Morgan fingerprint density at radius 2 is 2.12 bits per heavy atom. The maximum absolute atomic E-state index is 5.82. The van der Waals surface area contributed by atoms with Crippen LogP contribution < -0.4 is 15.0 Å². The number of hydrogen-bond acceptors (Lipinski definition) is 6. The van der Waals surface area contributed by atoms with Crippen molar-refractivity contribution in [3.63, 3.8) is 0 Å². The molecular formula is C19H24N6O. The second kappa shape index (κ2) is 6.92. The van der Waals surface area contributed by atoms with Crippen molar-refractivity contribution in [1.29, 1.82) is 0 Å². The van der Waals surface area contributed by atoms with Crippen molar-refractivity contribution in [2.75, 3.05) is 24.5 Å². The molecule has 136 valence electrons. The zero-order valence-electron chi connectivity index (χ0n) is 15.4. The topological polar surface area (TPSA) is 79.0 Å². The zero-order chi connectivity index (χ0) is 18.1. The Bertz CT molecular complexity index is 906. The molecule has 0 spiro atoms. The van der Waals surface area contributed by atoms with Crippen molar-refractivity contribution in [3.8, 4) is 17.1 Å². The van der Waals surface area contributed by atoms with E-state index in [1.54, 1.807) is 6.33 Å². The molecule has 1 aliphatic heterocycles. The summed E-state index contributed by atoms with van der Waals surface area (Å²) in [6.45, 7) is 9.07. The van der Waals surface area contributed by atoms with Gasteiger partial charge in [0, 0.05) is 37.1 Å². The SMILES string of the molecule is CC(C)Oc1ccc2n[nH]c(-c3cc(N4CCN[C@@H](C)C4)ncn3)c2c1. The number of aromatic amines is 1. The first kappa shape index (κ1) is 16.8. The Morgan fingerprint density at radius 3 is 2.92 bits per heavy atom. The number of nitrogens with zero attached hydrogens (tertiary/aromatic N) is 4. The maximum atomic E-state index is 5.82. The van der Waals surface area contributed by atoms with Gasteiger partial charge in [-0.15, -0.1) is 0 Å². The molecular weight excluding hydrogens is 328 g/mol. The van der Waals surface area contributed by atoms with Crippen molar-refractivity contribution in [3.05, 3.63) is 30.6 Å². The fraction of sp³-hybridized carbons (Fsp3) is 0.421. The number of H-pyrrole nitrogens is 1. The highest BCUT2D eigenvalue weighted by Gasteiger charge is 2.18. The fourth-order valence-electron chi connectivity index (χ4n) is 3.33. The van der Waals surface area contributed by atoms with Crippen LogP contribution in [0.5, 0.6) is 5.75 Å². The minimum Gasteiger partial charge on any atom is -0.491 e. The summed E-state index contributed by atoms with van der Waals surface area (Å²) in [4.78, 5) is 11.2. The van der Waals surface area contributed by atoms with Gasteiger partial charge >= 0.3 is 0 Å². The van der Waals surface area contributed by atoms with Gasteiger partial charge in [0.1, 0.15) is 17.9 Å². The van der Waals surface area contributed by atoms with E-state index in [1.165, 1.54) is 0 Å². The first-order valence-electron chi connectivity index (χ1n) is 9.05. The Morgan fingerprint density at radius 1 is 1.23 bits per heavy atom. The lowest BCUT2D eigenvalue weighted by Gasteiger charge is -2.32. The number of rotatable bonds is 4. The first-order chi connectivity index (χ1) is 12.6. The molecule has 1 fully saturated rings. The highest BCUT2D eigenvalue weighted by molar-refractivity contribution is 5.93. The molecule has 0 unspecified atom stereocenters. The van der Waals surface area contributed by atoms with Gasteiger partial charge in [-0.2, -0.15) is 5.10 Å². The molecule has 1 aromatic carbocycles. The number of ether oxygens (including phenoxy) is 1. The van der Waals surface area contributed by atoms with Crippen LogP contribution in [0.4, 0.5) is 5.82 Å². The Labute approximate surface area is 152 Å². The van der Waals surface area contributed by atoms with Crippen molar-refractivity contribution in [2.24, 2.45) is 0 Å². The summed E-state index contributed by atoms with van der Waals surface area (Å²) in [6.07, 6.45) is 1.75. The maximum Gasteiger partial charge on any atom is 0.132 e. The molecule has 26 heavy (non-hydrogen) atoms. The van der Waals surface area contributed by atoms with E-state index in [4.69, 9.17) is 4.74 Å².